The van der Waals surface area contributed by atoms with Gasteiger partial charge in [-0.15, -0.1) is 0 Å². The number of nitrogens with zero attached hydrogens (tertiary/aromatic N) is 2. The Kier molecular flexibility index (Phi) is 6.33. The monoisotopic (exact) mass is 294 g/mol. The van der Waals surface area contributed by atoms with Gasteiger partial charge in [0.25, 0.3) is 0 Å². The van der Waals surface area contributed by atoms with Crippen LogP contribution in [0.15, 0.2) is 4.99 Å². The molecule has 2 rings (SSSR count). The number of amides is 1. The Hall–Kier alpha value is -1.26. The highest BCUT2D eigenvalue weighted by Gasteiger charge is 2.21. The van der Waals surface area contributed by atoms with Crippen molar-refractivity contribution >= 4 is 11.9 Å². The van der Waals surface area contributed by atoms with Crippen molar-refractivity contribution < 1.29 is 4.79 Å². The highest BCUT2D eigenvalue weighted by molar-refractivity contribution is 5.78. The average molecular weight is 294 g/mol. The number of guanidine groups is 1. The van der Waals surface area contributed by atoms with Gasteiger partial charge in [0.15, 0.2) is 5.96 Å². The zero-order valence-corrected chi connectivity index (χ0v) is 13.3. The zero-order valence-electron chi connectivity index (χ0n) is 13.3. The minimum absolute atomic E-state index is 0.174. The number of nitrogens with two attached hydrogens (primary N) is 1. The average Bonchev–Trinajstić information content (AvgIpc) is 2.74. The molecule has 0 bridgehead atoms. The third-order valence-electron chi connectivity index (χ3n) is 4.69. The summed E-state index contributed by atoms with van der Waals surface area (Å²) in [5.74, 6) is 1.22. The van der Waals surface area contributed by atoms with Gasteiger partial charge in [0.05, 0.1) is 0 Å². The lowest BCUT2D eigenvalue weighted by atomic mass is 9.98. The first kappa shape index (κ1) is 16.1. The number of piperidine rings is 1. The van der Waals surface area contributed by atoms with Crippen molar-refractivity contribution in [2.45, 2.75) is 64.3 Å². The second kappa shape index (κ2) is 8.25. The quantitative estimate of drug-likeness (QED) is 0.474. The lowest BCUT2D eigenvalue weighted by Crippen LogP contribution is -2.42. The minimum Gasteiger partial charge on any atom is -0.370 e. The molecule has 0 aromatic rings. The van der Waals surface area contributed by atoms with Gasteiger partial charge < -0.3 is 16.0 Å². The molecule has 0 spiro atoms. The molecule has 5 nitrogen and oxygen atoms in total. The number of hydrogen-bond acceptors (Lipinski definition) is 2. The van der Waals surface area contributed by atoms with Crippen LogP contribution in [0.3, 0.4) is 0 Å². The summed E-state index contributed by atoms with van der Waals surface area (Å²) >= 11 is 0. The molecular formula is C16H30N4O. The highest BCUT2D eigenvalue weighted by Crippen LogP contribution is 2.18. The van der Waals surface area contributed by atoms with E-state index in [2.05, 4.69) is 10.3 Å². The maximum atomic E-state index is 11.4. The van der Waals surface area contributed by atoms with Gasteiger partial charge >= 0.3 is 0 Å². The maximum Gasteiger partial charge on any atom is 0.219 e. The molecule has 1 heterocycles. The van der Waals surface area contributed by atoms with Crippen LogP contribution < -0.4 is 11.1 Å². The van der Waals surface area contributed by atoms with Gasteiger partial charge in [-0.25, -0.2) is 0 Å². The van der Waals surface area contributed by atoms with E-state index in [0.717, 1.165) is 32.5 Å². The Bertz CT molecular complexity index is 361. The van der Waals surface area contributed by atoms with E-state index < -0.39 is 0 Å². The van der Waals surface area contributed by atoms with E-state index in [1.807, 2.05) is 4.90 Å². The highest BCUT2D eigenvalue weighted by atomic mass is 16.2. The van der Waals surface area contributed by atoms with Crippen LogP contribution in [-0.4, -0.2) is 42.4 Å². The third-order valence-corrected chi connectivity index (χ3v) is 4.69. The van der Waals surface area contributed by atoms with Gasteiger partial charge in [0.2, 0.25) is 5.91 Å². The maximum absolute atomic E-state index is 11.4. The summed E-state index contributed by atoms with van der Waals surface area (Å²) < 4.78 is 0. The zero-order chi connectivity index (χ0) is 15.1. The third kappa shape index (κ3) is 5.56. The van der Waals surface area contributed by atoms with Crippen molar-refractivity contribution in [3.8, 4) is 0 Å². The number of nitrogens with one attached hydrogen (secondary N) is 1. The fourth-order valence-electron chi connectivity index (χ4n) is 3.41. The fourth-order valence-corrected chi connectivity index (χ4v) is 3.41. The van der Waals surface area contributed by atoms with E-state index in [0.29, 0.717) is 17.9 Å². The Morgan fingerprint density at radius 1 is 1.19 bits per heavy atom. The van der Waals surface area contributed by atoms with Crippen LogP contribution in [0.4, 0.5) is 0 Å². The summed E-state index contributed by atoms with van der Waals surface area (Å²) in [7, 11) is 0. The normalized spacial score (nSPS) is 25.5. The molecule has 5 heteroatoms. The van der Waals surface area contributed by atoms with Gasteiger partial charge in [0.1, 0.15) is 0 Å². The number of rotatable bonds is 3. The number of hydrogen-bond donors (Lipinski definition) is 2. The van der Waals surface area contributed by atoms with Crippen molar-refractivity contribution in [1.29, 1.82) is 0 Å². The van der Waals surface area contributed by atoms with Gasteiger partial charge in [-0.3, -0.25) is 9.79 Å². The molecule has 0 aromatic carbocycles. The molecule has 0 radical (unpaired) electrons. The number of carbonyl (C=O) groups is 1. The predicted molar refractivity (Wildman–Crippen MR) is 86.1 cm³/mol. The van der Waals surface area contributed by atoms with E-state index in [1.54, 1.807) is 6.92 Å². The van der Waals surface area contributed by atoms with Gasteiger partial charge in [-0.2, -0.15) is 0 Å². The Labute approximate surface area is 128 Å². The second-order valence-corrected chi connectivity index (χ2v) is 6.53. The second-order valence-electron chi connectivity index (χ2n) is 6.53. The minimum atomic E-state index is 0.174. The summed E-state index contributed by atoms with van der Waals surface area (Å²) in [5.41, 5.74) is 6.03. The van der Waals surface area contributed by atoms with Gasteiger partial charge in [-0.1, -0.05) is 25.7 Å². The van der Waals surface area contributed by atoms with E-state index in [4.69, 9.17) is 5.73 Å². The largest absolute Gasteiger partial charge is 0.370 e. The molecule has 1 aliphatic carbocycles. The molecule has 1 atom stereocenters. The molecule has 1 aliphatic heterocycles. The molecule has 21 heavy (non-hydrogen) atoms. The van der Waals surface area contributed by atoms with Gasteiger partial charge in [0, 0.05) is 32.6 Å². The molecule has 3 N–H and O–H groups in total. The first-order valence-corrected chi connectivity index (χ1v) is 8.47. The molecule has 1 saturated carbocycles. The summed E-state index contributed by atoms with van der Waals surface area (Å²) in [4.78, 5) is 17.9. The van der Waals surface area contributed by atoms with Crippen molar-refractivity contribution in [2.24, 2.45) is 16.6 Å². The van der Waals surface area contributed by atoms with Gasteiger partial charge in [-0.05, 0) is 31.6 Å². The molecule has 120 valence electrons. The van der Waals surface area contributed by atoms with Crippen LogP contribution in [0.25, 0.3) is 0 Å². The van der Waals surface area contributed by atoms with E-state index >= 15 is 0 Å². The first-order chi connectivity index (χ1) is 10.1. The summed E-state index contributed by atoms with van der Waals surface area (Å²) in [5, 5.41) is 3.38. The van der Waals surface area contributed by atoms with E-state index in [9.17, 15) is 4.79 Å². The SMILES string of the molecule is CC(=O)N1CCCC(CN=C(N)NC2CCCCCC2)C1. The standard InChI is InChI=1S/C16H30N4O/c1-13(21)20-10-6-7-14(12-20)11-18-16(17)19-15-8-4-2-3-5-9-15/h14-15H,2-12H2,1H3,(H3,17,18,19). The topological polar surface area (TPSA) is 70.7 Å². The van der Waals surface area contributed by atoms with E-state index in [1.165, 1.54) is 38.5 Å². The Balaban J connectivity index is 1.75. The van der Waals surface area contributed by atoms with Crippen LogP contribution in [0.2, 0.25) is 0 Å². The molecule has 2 fully saturated rings. The lowest BCUT2D eigenvalue weighted by Gasteiger charge is -2.31. The smallest absolute Gasteiger partial charge is 0.219 e. The summed E-state index contributed by atoms with van der Waals surface area (Å²) in [6.45, 7) is 4.10. The molecule has 0 aromatic heterocycles. The van der Waals surface area contributed by atoms with Crippen molar-refractivity contribution in [2.75, 3.05) is 19.6 Å². The van der Waals surface area contributed by atoms with Crippen LogP contribution in [0.1, 0.15) is 58.3 Å². The number of aliphatic imine (C=N–C) groups is 1. The lowest BCUT2D eigenvalue weighted by molar-refractivity contribution is -0.130. The number of carbonyl (C=O) groups excluding carboxylic acids is 1. The number of likely N-dealkylation sites (tertiary alicyclic amines) is 1. The molecule has 1 unspecified atom stereocenters. The molecule has 1 saturated heterocycles. The fraction of sp³-hybridized carbons (Fsp3) is 0.875. The van der Waals surface area contributed by atoms with Crippen LogP contribution in [-0.2, 0) is 4.79 Å². The molecular weight excluding hydrogens is 264 g/mol. The van der Waals surface area contributed by atoms with Crippen molar-refractivity contribution in [3.63, 3.8) is 0 Å². The van der Waals surface area contributed by atoms with Crippen LogP contribution in [0, 0.1) is 5.92 Å². The summed E-state index contributed by atoms with van der Waals surface area (Å²) in [6, 6.07) is 0.497. The molecule has 1 amide bonds. The first-order valence-electron chi connectivity index (χ1n) is 8.47. The predicted octanol–water partition coefficient (Wildman–Crippen LogP) is 1.87. The van der Waals surface area contributed by atoms with Crippen molar-refractivity contribution in [3.05, 3.63) is 0 Å². The Morgan fingerprint density at radius 2 is 1.90 bits per heavy atom. The van der Waals surface area contributed by atoms with Crippen LogP contribution in [0.5, 0.6) is 0 Å². The molecule has 2 aliphatic rings. The van der Waals surface area contributed by atoms with Crippen molar-refractivity contribution in [1.82, 2.24) is 10.2 Å². The van der Waals surface area contributed by atoms with E-state index in [-0.39, 0.29) is 5.91 Å². The van der Waals surface area contributed by atoms with Crippen LogP contribution >= 0.6 is 0 Å². The Morgan fingerprint density at radius 3 is 2.57 bits per heavy atom. The summed E-state index contributed by atoms with van der Waals surface area (Å²) in [6.07, 6.45) is 9.91.